The van der Waals surface area contributed by atoms with Gasteiger partial charge >= 0.3 is 5.97 Å². The summed E-state index contributed by atoms with van der Waals surface area (Å²) < 4.78 is 0. The summed E-state index contributed by atoms with van der Waals surface area (Å²) in [6.45, 7) is 4.20. The van der Waals surface area contributed by atoms with Gasteiger partial charge < -0.3 is 15.7 Å². The Hall–Kier alpha value is -1.10. The number of likely N-dealkylation sites (tertiary alicyclic amines) is 1. The highest BCUT2D eigenvalue weighted by Crippen LogP contribution is 2.19. The summed E-state index contributed by atoms with van der Waals surface area (Å²) in [5.41, 5.74) is 5.65. The Labute approximate surface area is 82.9 Å². The van der Waals surface area contributed by atoms with Crippen LogP contribution in [0.1, 0.15) is 20.3 Å². The van der Waals surface area contributed by atoms with Gasteiger partial charge in [0, 0.05) is 6.54 Å². The molecular formula is C9H16N2O3. The van der Waals surface area contributed by atoms with Crippen molar-refractivity contribution < 1.29 is 14.7 Å². The minimum absolute atomic E-state index is 0.0394. The Kier molecular flexibility index (Phi) is 3.10. The molecule has 1 rings (SSSR count). The number of aliphatic carboxylic acids is 1. The van der Waals surface area contributed by atoms with Gasteiger partial charge in [-0.2, -0.15) is 0 Å². The molecule has 1 fully saturated rings. The van der Waals surface area contributed by atoms with E-state index in [1.54, 1.807) is 0 Å². The normalized spacial score (nSPS) is 23.1. The van der Waals surface area contributed by atoms with Gasteiger partial charge in [-0.3, -0.25) is 4.79 Å². The van der Waals surface area contributed by atoms with E-state index < -0.39 is 18.1 Å². The average molecular weight is 200 g/mol. The number of amides is 1. The van der Waals surface area contributed by atoms with Crippen LogP contribution in [0.5, 0.6) is 0 Å². The second-order valence-electron chi connectivity index (χ2n) is 3.94. The van der Waals surface area contributed by atoms with Gasteiger partial charge in [0.05, 0.1) is 6.04 Å². The van der Waals surface area contributed by atoms with Crippen molar-refractivity contribution in [1.82, 2.24) is 4.90 Å². The van der Waals surface area contributed by atoms with Crippen LogP contribution in [0.4, 0.5) is 0 Å². The van der Waals surface area contributed by atoms with E-state index >= 15 is 0 Å². The molecule has 1 amide bonds. The first-order valence-corrected chi connectivity index (χ1v) is 4.74. The number of hydrogen-bond acceptors (Lipinski definition) is 3. The first kappa shape index (κ1) is 11.0. The van der Waals surface area contributed by atoms with E-state index in [9.17, 15) is 9.59 Å². The van der Waals surface area contributed by atoms with Crippen molar-refractivity contribution in [1.29, 1.82) is 0 Å². The summed E-state index contributed by atoms with van der Waals surface area (Å²) in [5, 5.41) is 8.74. The molecule has 2 atom stereocenters. The summed E-state index contributed by atoms with van der Waals surface area (Å²) in [7, 11) is 0. The second-order valence-corrected chi connectivity index (χ2v) is 3.94. The van der Waals surface area contributed by atoms with E-state index in [-0.39, 0.29) is 11.8 Å². The standard InChI is InChI=1S/C9H16N2O3/c1-5(2)7(10)8(12)11-4-3-6(11)9(13)14/h5-7H,3-4,10H2,1-2H3,(H,13,14)/t6-,7?/m0/s1. The van der Waals surface area contributed by atoms with Crippen molar-refractivity contribution in [2.24, 2.45) is 11.7 Å². The Balaban J connectivity index is 2.58. The molecule has 1 saturated heterocycles. The topological polar surface area (TPSA) is 83.6 Å². The number of hydrogen-bond donors (Lipinski definition) is 2. The van der Waals surface area contributed by atoms with Crippen LogP contribution in [-0.4, -0.2) is 40.5 Å². The van der Waals surface area contributed by atoms with E-state index in [2.05, 4.69) is 0 Å². The minimum atomic E-state index is -0.944. The quantitative estimate of drug-likeness (QED) is 0.652. The summed E-state index contributed by atoms with van der Waals surface area (Å²) in [6, 6.07) is -1.25. The van der Waals surface area contributed by atoms with Crippen molar-refractivity contribution in [2.75, 3.05) is 6.54 Å². The lowest BCUT2D eigenvalue weighted by atomic mass is 9.97. The number of carboxylic acids is 1. The van der Waals surface area contributed by atoms with Crippen molar-refractivity contribution in [3.05, 3.63) is 0 Å². The van der Waals surface area contributed by atoms with Crippen LogP contribution < -0.4 is 5.73 Å². The highest BCUT2D eigenvalue weighted by molar-refractivity contribution is 5.88. The Morgan fingerprint density at radius 1 is 1.50 bits per heavy atom. The number of nitrogens with zero attached hydrogens (tertiary/aromatic N) is 1. The summed E-state index contributed by atoms with van der Waals surface area (Å²) >= 11 is 0. The highest BCUT2D eigenvalue weighted by atomic mass is 16.4. The zero-order valence-electron chi connectivity index (χ0n) is 8.43. The van der Waals surface area contributed by atoms with Crippen molar-refractivity contribution in [2.45, 2.75) is 32.4 Å². The average Bonchev–Trinajstić information content (AvgIpc) is 1.99. The minimum Gasteiger partial charge on any atom is -0.480 e. The van der Waals surface area contributed by atoms with Crippen molar-refractivity contribution >= 4 is 11.9 Å². The van der Waals surface area contributed by atoms with Crippen LogP contribution in [0.2, 0.25) is 0 Å². The molecule has 5 heteroatoms. The Morgan fingerprint density at radius 3 is 2.36 bits per heavy atom. The van der Waals surface area contributed by atoms with Gasteiger partial charge in [-0.1, -0.05) is 13.8 Å². The molecular weight excluding hydrogens is 184 g/mol. The summed E-state index contributed by atoms with van der Waals surface area (Å²) in [4.78, 5) is 23.6. The Bertz CT molecular complexity index is 252. The van der Waals surface area contributed by atoms with Gasteiger partial charge in [-0.15, -0.1) is 0 Å². The largest absolute Gasteiger partial charge is 0.480 e. The van der Waals surface area contributed by atoms with Gasteiger partial charge in [-0.05, 0) is 12.3 Å². The lowest BCUT2D eigenvalue weighted by Gasteiger charge is -2.39. The maximum absolute atomic E-state index is 11.6. The molecule has 5 nitrogen and oxygen atoms in total. The fourth-order valence-corrected chi connectivity index (χ4v) is 1.38. The van der Waals surface area contributed by atoms with Crippen LogP contribution in [0.15, 0.2) is 0 Å². The molecule has 0 aromatic heterocycles. The fraction of sp³-hybridized carbons (Fsp3) is 0.778. The van der Waals surface area contributed by atoms with E-state index in [1.807, 2.05) is 13.8 Å². The molecule has 1 aliphatic rings. The van der Waals surface area contributed by atoms with Crippen molar-refractivity contribution in [3.8, 4) is 0 Å². The Morgan fingerprint density at radius 2 is 2.07 bits per heavy atom. The third-order valence-corrected chi connectivity index (χ3v) is 2.59. The molecule has 1 unspecified atom stereocenters. The lowest BCUT2D eigenvalue weighted by molar-refractivity contribution is -0.158. The van der Waals surface area contributed by atoms with Gasteiger partial charge in [0.15, 0.2) is 0 Å². The van der Waals surface area contributed by atoms with E-state index in [0.717, 1.165) is 0 Å². The van der Waals surface area contributed by atoms with Gasteiger partial charge in [0.25, 0.3) is 0 Å². The molecule has 0 radical (unpaired) electrons. The SMILES string of the molecule is CC(C)C(N)C(=O)N1CC[C@H]1C(=O)O. The first-order chi connectivity index (χ1) is 6.45. The maximum atomic E-state index is 11.6. The third kappa shape index (κ3) is 1.87. The van der Waals surface area contributed by atoms with Crippen LogP contribution in [0, 0.1) is 5.92 Å². The smallest absolute Gasteiger partial charge is 0.326 e. The highest BCUT2D eigenvalue weighted by Gasteiger charge is 2.39. The van der Waals surface area contributed by atoms with Gasteiger partial charge in [0.2, 0.25) is 5.91 Å². The summed E-state index contributed by atoms with van der Waals surface area (Å²) in [6.07, 6.45) is 0.534. The van der Waals surface area contributed by atoms with Gasteiger partial charge in [0.1, 0.15) is 6.04 Å². The second kappa shape index (κ2) is 3.96. The maximum Gasteiger partial charge on any atom is 0.326 e. The van der Waals surface area contributed by atoms with Crippen LogP contribution in [0.25, 0.3) is 0 Å². The molecule has 0 aromatic carbocycles. The predicted octanol–water partition coefficient (Wildman–Crippen LogP) is -0.345. The zero-order valence-corrected chi connectivity index (χ0v) is 8.43. The monoisotopic (exact) mass is 200 g/mol. The summed E-state index contributed by atoms with van der Waals surface area (Å²) in [5.74, 6) is -1.16. The predicted molar refractivity (Wildman–Crippen MR) is 50.6 cm³/mol. The lowest BCUT2D eigenvalue weighted by Crippen LogP contribution is -2.60. The number of nitrogens with two attached hydrogens (primary N) is 1. The molecule has 1 heterocycles. The van der Waals surface area contributed by atoms with Crippen molar-refractivity contribution in [3.63, 3.8) is 0 Å². The molecule has 0 aromatic rings. The third-order valence-electron chi connectivity index (χ3n) is 2.59. The van der Waals surface area contributed by atoms with Crippen LogP contribution >= 0.6 is 0 Å². The van der Waals surface area contributed by atoms with E-state index in [1.165, 1.54) is 4.90 Å². The molecule has 3 N–H and O–H groups in total. The molecule has 0 aliphatic carbocycles. The van der Waals surface area contributed by atoms with E-state index in [4.69, 9.17) is 10.8 Å². The molecule has 80 valence electrons. The fourth-order valence-electron chi connectivity index (χ4n) is 1.38. The number of carboxylic acid groups (broad SMARTS) is 1. The molecule has 0 bridgehead atoms. The van der Waals surface area contributed by atoms with Crippen LogP contribution in [0.3, 0.4) is 0 Å². The van der Waals surface area contributed by atoms with Gasteiger partial charge in [-0.25, -0.2) is 4.79 Å². The first-order valence-electron chi connectivity index (χ1n) is 4.74. The molecule has 1 aliphatic heterocycles. The zero-order chi connectivity index (χ0) is 10.9. The molecule has 0 saturated carbocycles. The van der Waals surface area contributed by atoms with Crippen LogP contribution in [-0.2, 0) is 9.59 Å². The molecule has 0 spiro atoms. The van der Waals surface area contributed by atoms with E-state index in [0.29, 0.717) is 13.0 Å². The number of rotatable bonds is 3. The number of carbonyl (C=O) groups is 2. The number of carbonyl (C=O) groups excluding carboxylic acids is 1. The molecule has 14 heavy (non-hydrogen) atoms.